The first kappa shape index (κ1) is 20.4. The lowest BCUT2D eigenvalue weighted by Crippen LogP contribution is -2.04. The molecule has 0 N–H and O–H groups in total. The molecule has 0 bridgehead atoms. The standard InChI is InChI=1S/C26H22F4/c1-15-3-6-17(7-4-15)21-13-14-22(26(30)25(21)29)19-10-8-18(9-11-19)20-12-5-16(2)23(27)24(20)28/h5-6,8-15H,3-4,7H2,1-2H3. The summed E-state index contributed by atoms with van der Waals surface area (Å²) >= 11 is 0. The second kappa shape index (κ2) is 8.10. The van der Waals surface area contributed by atoms with Gasteiger partial charge in [0, 0.05) is 16.7 Å². The summed E-state index contributed by atoms with van der Waals surface area (Å²) in [6.07, 6.45) is 4.57. The summed E-state index contributed by atoms with van der Waals surface area (Å²) < 4.78 is 57.8. The minimum Gasteiger partial charge on any atom is -0.203 e. The smallest absolute Gasteiger partial charge is 0.167 e. The first-order chi connectivity index (χ1) is 14.4. The van der Waals surface area contributed by atoms with Crippen molar-refractivity contribution in [2.45, 2.75) is 33.1 Å². The van der Waals surface area contributed by atoms with Gasteiger partial charge in [-0.05, 0) is 54.4 Å². The largest absolute Gasteiger partial charge is 0.203 e. The van der Waals surface area contributed by atoms with Crippen molar-refractivity contribution in [1.82, 2.24) is 0 Å². The summed E-state index contributed by atoms with van der Waals surface area (Å²) in [6.45, 7) is 3.64. The van der Waals surface area contributed by atoms with Crippen LogP contribution in [0.1, 0.15) is 37.3 Å². The fourth-order valence-corrected chi connectivity index (χ4v) is 3.93. The molecular weight excluding hydrogens is 388 g/mol. The molecule has 1 aliphatic rings. The molecule has 1 unspecified atom stereocenters. The van der Waals surface area contributed by atoms with E-state index in [0.717, 1.165) is 24.8 Å². The summed E-state index contributed by atoms with van der Waals surface area (Å²) in [7, 11) is 0. The topological polar surface area (TPSA) is 0 Å². The maximum Gasteiger partial charge on any atom is 0.167 e. The van der Waals surface area contributed by atoms with Crippen LogP contribution in [-0.2, 0) is 0 Å². The predicted octanol–water partition coefficient (Wildman–Crippen LogP) is 8.09. The van der Waals surface area contributed by atoms with Crippen LogP contribution in [0.25, 0.3) is 27.8 Å². The van der Waals surface area contributed by atoms with Gasteiger partial charge in [-0.25, -0.2) is 17.6 Å². The van der Waals surface area contributed by atoms with E-state index < -0.39 is 23.3 Å². The van der Waals surface area contributed by atoms with Gasteiger partial charge in [-0.15, -0.1) is 0 Å². The maximum absolute atomic E-state index is 14.9. The highest BCUT2D eigenvalue weighted by molar-refractivity contribution is 5.74. The average Bonchev–Trinajstić information content (AvgIpc) is 2.75. The minimum atomic E-state index is -0.917. The molecule has 0 saturated carbocycles. The molecule has 4 rings (SSSR count). The van der Waals surface area contributed by atoms with E-state index in [1.807, 2.05) is 6.08 Å². The van der Waals surface area contributed by atoms with Crippen LogP contribution in [0.3, 0.4) is 0 Å². The molecule has 30 heavy (non-hydrogen) atoms. The molecule has 0 amide bonds. The van der Waals surface area contributed by atoms with Gasteiger partial charge in [-0.2, -0.15) is 0 Å². The normalized spacial score (nSPS) is 16.5. The monoisotopic (exact) mass is 410 g/mol. The number of rotatable bonds is 3. The summed E-state index contributed by atoms with van der Waals surface area (Å²) in [6, 6.07) is 12.6. The third-order valence-corrected chi connectivity index (χ3v) is 5.88. The van der Waals surface area contributed by atoms with E-state index in [1.165, 1.54) is 19.1 Å². The highest BCUT2D eigenvalue weighted by Gasteiger charge is 2.20. The summed E-state index contributed by atoms with van der Waals surface area (Å²) in [4.78, 5) is 0. The second-order valence-electron chi connectivity index (χ2n) is 8.03. The fraction of sp³-hybridized carbons (Fsp3) is 0.231. The van der Waals surface area contributed by atoms with Crippen LogP contribution in [0.4, 0.5) is 17.6 Å². The third-order valence-electron chi connectivity index (χ3n) is 5.88. The van der Waals surface area contributed by atoms with E-state index >= 15 is 0 Å². The van der Waals surface area contributed by atoms with Crippen LogP contribution in [0.2, 0.25) is 0 Å². The van der Waals surface area contributed by atoms with Crippen LogP contribution < -0.4 is 0 Å². The van der Waals surface area contributed by atoms with Gasteiger partial charge in [0.1, 0.15) is 0 Å². The molecule has 154 valence electrons. The van der Waals surface area contributed by atoms with E-state index in [1.54, 1.807) is 36.4 Å². The zero-order valence-electron chi connectivity index (χ0n) is 16.9. The van der Waals surface area contributed by atoms with Gasteiger partial charge < -0.3 is 0 Å². The van der Waals surface area contributed by atoms with Crippen LogP contribution in [0.15, 0.2) is 54.6 Å². The Kier molecular flexibility index (Phi) is 5.50. The Bertz CT molecular complexity index is 1130. The highest BCUT2D eigenvalue weighted by Crippen LogP contribution is 2.35. The molecule has 0 aliphatic heterocycles. The van der Waals surface area contributed by atoms with Gasteiger partial charge in [0.05, 0.1) is 0 Å². The Morgan fingerprint density at radius 3 is 1.73 bits per heavy atom. The molecule has 1 atom stereocenters. The summed E-state index contributed by atoms with van der Waals surface area (Å²) in [5.74, 6) is -2.98. The molecular formula is C26H22F4. The first-order valence-electron chi connectivity index (χ1n) is 10.1. The molecule has 0 saturated heterocycles. The van der Waals surface area contributed by atoms with Crippen molar-refractivity contribution in [3.05, 3.63) is 89.0 Å². The minimum absolute atomic E-state index is 0.130. The lowest BCUT2D eigenvalue weighted by molar-refractivity contribution is 0.503. The molecule has 3 aromatic carbocycles. The van der Waals surface area contributed by atoms with E-state index in [4.69, 9.17) is 0 Å². The van der Waals surface area contributed by atoms with Crippen molar-refractivity contribution in [3.8, 4) is 22.3 Å². The molecule has 0 aromatic heterocycles. The van der Waals surface area contributed by atoms with Gasteiger partial charge in [-0.3, -0.25) is 0 Å². The number of halogens is 4. The Labute approximate surface area is 173 Å². The summed E-state index contributed by atoms with van der Waals surface area (Å²) in [5, 5.41) is 0. The van der Waals surface area contributed by atoms with Gasteiger partial charge in [0.25, 0.3) is 0 Å². The van der Waals surface area contributed by atoms with Crippen LogP contribution >= 0.6 is 0 Å². The molecule has 0 radical (unpaired) electrons. The average molecular weight is 410 g/mol. The van der Waals surface area contributed by atoms with Crippen molar-refractivity contribution >= 4 is 5.57 Å². The van der Waals surface area contributed by atoms with Crippen LogP contribution in [0.5, 0.6) is 0 Å². The van der Waals surface area contributed by atoms with E-state index in [2.05, 4.69) is 6.92 Å². The molecule has 1 aliphatic carbocycles. The molecule has 0 heterocycles. The van der Waals surface area contributed by atoms with Gasteiger partial charge in [0.2, 0.25) is 0 Å². The first-order valence-corrected chi connectivity index (χ1v) is 10.1. The lowest BCUT2D eigenvalue weighted by Gasteiger charge is -2.19. The predicted molar refractivity (Wildman–Crippen MR) is 113 cm³/mol. The molecule has 0 fully saturated rings. The van der Waals surface area contributed by atoms with Crippen molar-refractivity contribution < 1.29 is 17.6 Å². The molecule has 3 aromatic rings. The van der Waals surface area contributed by atoms with Crippen molar-refractivity contribution in [2.24, 2.45) is 5.92 Å². The number of allylic oxidation sites excluding steroid dienone is 2. The van der Waals surface area contributed by atoms with Crippen LogP contribution in [-0.4, -0.2) is 0 Å². The van der Waals surface area contributed by atoms with Gasteiger partial charge >= 0.3 is 0 Å². The van der Waals surface area contributed by atoms with Crippen molar-refractivity contribution in [3.63, 3.8) is 0 Å². The van der Waals surface area contributed by atoms with Crippen molar-refractivity contribution in [1.29, 1.82) is 0 Å². The Morgan fingerprint density at radius 1 is 0.667 bits per heavy atom. The summed E-state index contributed by atoms with van der Waals surface area (Å²) in [5.41, 5.74) is 2.61. The number of benzene rings is 3. The van der Waals surface area contributed by atoms with E-state index in [9.17, 15) is 17.6 Å². The Hall–Kier alpha value is -2.88. The second-order valence-corrected chi connectivity index (χ2v) is 8.03. The van der Waals surface area contributed by atoms with Crippen molar-refractivity contribution in [2.75, 3.05) is 0 Å². The van der Waals surface area contributed by atoms with Gasteiger partial charge in [-0.1, -0.05) is 61.5 Å². The maximum atomic E-state index is 14.9. The Balaban J connectivity index is 1.67. The zero-order chi connectivity index (χ0) is 21.4. The third kappa shape index (κ3) is 3.67. The quantitative estimate of drug-likeness (QED) is 0.383. The number of aryl methyl sites for hydroxylation is 1. The molecule has 0 spiro atoms. The highest BCUT2D eigenvalue weighted by atomic mass is 19.2. The number of hydrogen-bond donors (Lipinski definition) is 0. The fourth-order valence-electron chi connectivity index (χ4n) is 3.93. The SMILES string of the molecule is Cc1ccc(-c2ccc(-c3ccc(C4=CCC(C)CC4)c(F)c3F)cc2)c(F)c1F. The van der Waals surface area contributed by atoms with Crippen LogP contribution in [0, 0.1) is 36.1 Å². The lowest BCUT2D eigenvalue weighted by atomic mass is 9.87. The van der Waals surface area contributed by atoms with E-state index in [-0.39, 0.29) is 16.7 Å². The zero-order valence-corrected chi connectivity index (χ0v) is 16.9. The van der Waals surface area contributed by atoms with E-state index in [0.29, 0.717) is 22.6 Å². The van der Waals surface area contributed by atoms with Gasteiger partial charge in [0.15, 0.2) is 23.3 Å². The molecule has 4 heteroatoms. The number of hydrogen-bond acceptors (Lipinski definition) is 0. The molecule has 0 nitrogen and oxygen atoms in total. The Morgan fingerprint density at radius 2 is 1.17 bits per heavy atom.